The standard InChI is InChI=1S/C13H13NO2/c15-13(16)7-9-8-14(10-5-6-10)12-4-2-1-3-11(9)12/h1-4,8,10H,5-7H2,(H,15,16). The van der Waals surface area contributed by atoms with E-state index in [4.69, 9.17) is 5.11 Å². The summed E-state index contributed by atoms with van der Waals surface area (Å²) >= 11 is 0. The molecule has 1 aromatic heterocycles. The second-order valence-corrected chi connectivity index (χ2v) is 4.38. The topological polar surface area (TPSA) is 42.2 Å². The van der Waals surface area contributed by atoms with Crippen LogP contribution in [0.15, 0.2) is 30.5 Å². The summed E-state index contributed by atoms with van der Waals surface area (Å²) in [6, 6.07) is 8.63. The summed E-state index contributed by atoms with van der Waals surface area (Å²) in [5.41, 5.74) is 2.09. The van der Waals surface area contributed by atoms with Crippen molar-refractivity contribution < 1.29 is 9.90 Å². The molecule has 0 amide bonds. The maximum absolute atomic E-state index is 10.8. The summed E-state index contributed by atoms with van der Waals surface area (Å²) in [7, 11) is 0. The normalized spacial score (nSPS) is 15.5. The molecule has 0 bridgehead atoms. The first-order valence-corrected chi connectivity index (χ1v) is 5.56. The molecule has 0 atom stereocenters. The Bertz CT molecular complexity index is 552. The van der Waals surface area contributed by atoms with Gasteiger partial charge in [-0.25, -0.2) is 0 Å². The molecule has 1 aromatic carbocycles. The van der Waals surface area contributed by atoms with Crippen LogP contribution in [0, 0.1) is 0 Å². The van der Waals surface area contributed by atoms with Crippen molar-refractivity contribution in [3.8, 4) is 0 Å². The fourth-order valence-electron chi connectivity index (χ4n) is 2.24. The van der Waals surface area contributed by atoms with Gasteiger partial charge in [-0.15, -0.1) is 0 Å². The van der Waals surface area contributed by atoms with Crippen molar-refractivity contribution in [2.75, 3.05) is 0 Å². The minimum atomic E-state index is -0.765. The molecule has 3 rings (SSSR count). The Morgan fingerprint density at radius 3 is 2.81 bits per heavy atom. The zero-order valence-corrected chi connectivity index (χ0v) is 8.89. The second-order valence-electron chi connectivity index (χ2n) is 4.38. The highest BCUT2D eigenvalue weighted by atomic mass is 16.4. The van der Waals surface area contributed by atoms with E-state index in [-0.39, 0.29) is 6.42 Å². The molecule has 1 aliphatic rings. The van der Waals surface area contributed by atoms with E-state index in [1.54, 1.807) is 0 Å². The Morgan fingerprint density at radius 1 is 1.38 bits per heavy atom. The summed E-state index contributed by atoms with van der Waals surface area (Å²) in [5, 5.41) is 9.96. The summed E-state index contributed by atoms with van der Waals surface area (Å²) in [4.78, 5) is 10.8. The third-order valence-corrected chi connectivity index (χ3v) is 3.11. The van der Waals surface area contributed by atoms with Crippen molar-refractivity contribution in [1.29, 1.82) is 0 Å². The minimum Gasteiger partial charge on any atom is -0.481 e. The average Bonchev–Trinajstić information content (AvgIpc) is 3.03. The van der Waals surface area contributed by atoms with Crippen molar-refractivity contribution in [3.05, 3.63) is 36.0 Å². The zero-order valence-electron chi connectivity index (χ0n) is 8.89. The lowest BCUT2D eigenvalue weighted by Gasteiger charge is -2.00. The number of hydrogen-bond acceptors (Lipinski definition) is 1. The lowest BCUT2D eigenvalue weighted by Crippen LogP contribution is -1.99. The van der Waals surface area contributed by atoms with Crippen LogP contribution < -0.4 is 0 Å². The number of rotatable bonds is 3. The van der Waals surface area contributed by atoms with E-state index in [0.29, 0.717) is 6.04 Å². The Labute approximate surface area is 93.3 Å². The quantitative estimate of drug-likeness (QED) is 0.855. The highest BCUT2D eigenvalue weighted by Gasteiger charge is 2.25. The van der Waals surface area contributed by atoms with Gasteiger partial charge in [0.25, 0.3) is 0 Å². The minimum absolute atomic E-state index is 0.111. The van der Waals surface area contributed by atoms with E-state index in [2.05, 4.69) is 10.6 Å². The van der Waals surface area contributed by atoms with Gasteiger partial charge in [0.1, 0.15) is 0 Å². The van der Waals surface area contributed by atoms with Crippen LogP contribution in [0.25, 0.3) is 10.9 Å². The number of aromatic nitrogens is 1. The highest BCUT2D eigenvalue weighted by Crippen LogP contribution is 2.38. The SMILES string of the molecule is O=C(O)Cc1cn(C2CC2)c2ccccc12. The van der Waals surface area contributed by atoms with Crippen LogP contribution in [-0.2, 0) is 11.2 Å². The number of nitrogens with zero attached hydrogens (tertiary/aromatic N) is 1. The number of benzene rings is 1. The molecular weight excluding hydrogens is 202 g/mol. The fraction of sp³-hybridized carbons (Fsp3) is 0.308. The summed E-state index contributed by atoms with van der Waals surface area (Å²) in [6.07, 6.45) is 4.55. The second kappa shape index (κ2) is 3.37. The maximum Gasteiger partial charge on any atom is 0.307 e. The summed E-state index contributed by atoms with van der Waals surface area (Å²) in [6.45, 7) is 0. The molecule has 0 unspecified atom stereocenters. The zero-order chi connectivity index (χ0) is 11.1. The molecule has 1 saturated carbocycles. The van der Waals surface area contributed by atoms with Crippen LogP contribution >= 0.6 is 0 Å². The predicted molar refractivity (Wildman–Crippen MR) is 61.5 cm³/mol. The van der Waals surface area contributed by atoms with Crippen LogP contribution in [0.4, 0.5) is 0 Å². The molecule has 1 fully saturated rings. The molecule has 3 heteroatoms. The molecule has 2 aromatic rings. The summed E-state index contributed by atoms with van der Waals surface area (Å²) < 4.78 is 2.23. The average molecular weight is 215 g/mol. The molecule has 0 aliphatic heterocycles. The van der Waals surface area contributed by atoms with Gasteiger partial charge in [0, 0.05) is 23.1 Å². The first-order valence-electron chi connectivity index (χ1n) is 5.56. The van der Waals surface area contributed by atoms with Gasteiger partial charge in [-0.05, 0) is 24.5 Å². The van der Waals surface area contributed by atoms with Gasteiger partial charge in [-0.2, -0.15) is 0 Å². The van der Waals surface area contributed by atoms with E-state index < -0.39 is 5.97 Å². The van der Waals surface area contributed by atoms with Gasteiger partial charge in [0.2, 0.25) is 0 Å². The largest absolute Gasteiger partial charge is 0.481 e. The predicted octanol–water partition coefficient (Wildman–Crippen LogP) is 2.60. The van der Waals surface area contributed by atoms with E-state index in [9.17, 15) is 4.79 Å². The summed E-state index contributed by atoms with van der Waals surface area (Å²) in [5.74, 6) is -0.765. The maximum atomic E-state index is 10.8. The van der Waals surface area contributed by atoms with E-state index in [0.717, 1.165) is 10.9 Å². The van der Waals surface area contributed by atoms with Gasteiger partial charge in [0.05, 0.1) is 6.42 Å². The van der Waals surface area contributed by atoms with Crippen molar-refractivity contribution in [3.63, 3.8) is 0 Å². The van der Waals surface area contributed by atoms with Gasteiger partial charge in [-0.1, -0.05) is 18.2 Å². The molecule has 82 valence electrons. The van der Waals surface area contributed by atoms with Gasteiger partial charge in [-0.3, -0.25) is 4.79 Å². The Balaban J connectivity index is 2.16. The van der Waals surface area contributed by atoms with Crippen molar-refractivity contribution in [2.45, 2.75) is 25.3 Å². The number of fused-ring (bicyclic) bond motifs is 1. The van der Waals surface area contributed by atoms with Crippen LogP contribution in [-0.4, -0.2) is 15.6 Å². The van der Waals surface area contributed by atoms with Crippen LogP contribution in [0.3, 0.4) is 0 Å². The van der Waals surface area contributed by atoms with Gasteiger partial charge < -0.3 is 9.67 Å². The van der Waals surface area contributed by atoms with Crippen LogP contribution in [0.1, 0.15) is 24.4 Å². The van der Waals surface area contributed by atoms with Crippen LogP contribution in [0.5, 0.6) is 0 Å². The number of para-hydroxylation sites is 1. The molecule has 0 saturated heterocycles. The molecular formula is C13H13NO2. The number of aliphatic carboxylic acids is 1. The molecule has 1 aliphatic carbocycles. The third-order valence-electron chi connectivity index (χ3n) is 3.11. The number of carboxylic acid groups (broad SMARTS) is 1. The van der Waals surface area contributed by atoms with Crippen molar-refractivity contribution >= 4 is 16.9 Å². The van der Waals surface area contributed by atoms with E-state index >= 15 is 0 Å². The van der Waals surface area contributed by atoms with Crippen molar-refractivity contribution in [1.82, 2.24) is 4.57 Å². The smallest absolute Gasteiger partial charge is 0.307 e. The molecule has 16 heavy (non-hydrogen) atoms. The number of hydrogen-bond donors (Lipinski definition) is 1. The number of carboxylic acids is 1. The lowest BCUT2D eigenvalue weighted by molar-refractivity contribution is -0.136. The Morgan fingerprint density at radius 2 is 2.12 bits per heavy atom. The lowest BCUT2D eigenvalue weighted by atomic mass is 10.1. The van der Waals surface area contributed by atoms with E-state index in [1.165, 1.54) is 18.4 Å². The Kier molecular flexibility index (Phi) is 1.99. The monoisotopic (exact) mass is 215 g/mol. The van der Waals surface area contributed by atoms with Gasteiger partial charge in [0.15, 0.2) is 0 Å². The molecule has 0 radical (unpaired) electrons. The van der Waals surface area contributed by atoms with E-state index in [1.807, 2.05) is 24.4 Å². The van der Waals surface area contributed by atoms with Crippen molar-refractivity contribution in [2.24, 2.45) is 0 Å². The molecule has 0 spiro atoms. The first-order chi connectivity index (χ1) is 7.75. The third kappa shape index (κ3) is 1.48. The van der Waals surface area contributed by atoms with Crippen LogP contribution in [0.2, 0.25) is 0 Å². The molecule has 1 heterocycles. The molecule has 3 nitrogen and oxygen atoms in total. The highest BCUT2D eigenvalue weighted by molar-refractivity contribution is 5.87. The number of carbonyl (C=O) groups is 1. The molecule has 1 N–H and O–H groups in total. The Hall–Kier alpha value is -1.77. The van der Waals surface area contributed by atoms with Gasteiger partial charge >= 0.3 is 5.97 Å². The fourth-order valence-corrected chi connectivity index (χ4v) is 2.24. The first kappa shape index (κ1) is 9.46.